The third-order valence-corrected chi connectivity index (χ3v) is 3.86. The molecule has 0 spiro atoms. The van der Waals surface area contributed by atoms with E-state index in [9.17, 15) is 0 Å². The van der Waals surface area contributed by atoms with Gasteiger partial charge in [-0.15, -0.1) is 0 Å². The summed E-state index contributed by atoms with van der Waals surface area (Å²) in [5, 5.41) is 3.55. The molecule has 0 bridgehead atoms. The van der Waals surface area contributed by atoms with Gasteiger partial charge in [-0.05, 0) is 40.9 Å². The Labute approximate surface area is 127 Å². The zero-order valence-electron chi connectivity index (χ0n) is 11.5. The van der Waals surface area contributed by atoms with E-state index in [2.05, 4.69) is 44.2 Å². The van der Waals surface area contributed by atoms with Gasteiger partial charge in [-0.25, -0.2) is 4.98 Å². The number of furan rings is 1. The van der Waals surface area contributed by atoms with Crippen LogP contribution in [0.2, 0.25) is 0 Å². The van der Waals surface area contributed by atoms with Gasteiger partial charge in [-0.1, -0.05) is 0 Å². The molecule has 1 aliphatic rings. The zero-order chi connectivity index (χ0) is 13.9. The Morgan fingerprint density at radius 2 is 2.35 bits per heavy atom. The van der Waals surface area contributed by atoms with Crippen molar-refractivity contribution in [1.82, 2.24) is 10.3 Å². The molecule has 1 fully saturated rings. The number of anilines is 1. The minimum absolute atomic E-state index is 0.695. The van der Waals surface area contributed by atoms with Gasteiger partial charge in [0.2, 0.25) is 0 Å². The molecule has 2 aromatic rings. The Morgan fingerprint density at radius 3 is 3.05 bits per heavy atom. The Kier molecular flexibility index (Phi) is 4.08. The van der Waals surface area contributed by atoms with Gasteiger partial charge in [0.15, 0.2) is 0 Å². The molecule has 5 heteroatoms. The number of pyridine rings is 1. The quantitative estimate of drug-likeness (QED) is 0.879. The van der Waals surface area contributed by atoms with E-state index in [1.165, 1.54) is 18.4 Å². The first-order valence-corrected chi connectivity index (χ1v) is 7.61. The maximum absolute atomic E-state index is 5.12. The van der Waals surface area contributed by atoms with E-state index in [0.717, 1.165) is 28.9 Å². The van der Waals surface area contributed by atoms with Gasteiger partial charge in [0.05, 0.1) is 12.5 Å². The average Bonchev–Trinajstić information content (AvgIpc) is 3.13. The summed E-state index contributed by atoms with van der Waals surface area (Å²) >= 11 is 3.50. The van der Waals surface area contributed by atoms with E-state index in [1.807, 2.05) is 12.3 Å². The van der Waals surface area contributed by atoms with Crippen molar-refractivity contribution in [3.63, 3.8) is 0 Å². The monoisotopic (exact) mass is 335 g/mol. The van der Waals surface area contributed by atoms with E-state index in [4.69, 9.17) is 4.42 Å². The second-order valence-corrected chi connectivity index (χ2v) is 6.19. The highest BCUT2D eigenvalue weighted by atomic mass is 79.9. The van der Waals surface area contributed by atoms with Crippen LogP contribution in [0, 0.1) is 0 Å². The minimum atomic E-state index is 0.695. The van der Waals surface area contributed by atoms with Crippen LogP contribution in [0.25, 0.3) is 0 Å². The first-order chi connectivity index (χ1) is 9.72. The van der Waals surface area contributed by atoms with Crippen molar-refractivity contribution in [3.8, 4) is 0 Å². The van der Waals surface area contributed by atoms with E-state index in [1.54, 1.807) is 12.5 Å². The summed E-state index contributed by atoms with van der Waals surface area (Å²) in [4.78, 5) is 6.72. The molecule has 0 aromatic carbocycles. The average molecular weight is 336 g/mol. The van der Waals surface area contributed by atoms with Crippen molar-refractivity contribution >= 4 is 21.7 Å². The Bertz CT molecular complexity index is 567. The highest BCUT2D eigenvalue weighted by Gasteiger charge is 2.21. The molecule has 0 aliphatic heterocycles. The largest absolute Gasteiger partial charge is 0.472 e. The highest BCUT2D eigenvalue weighted by molar-refractivity contribution is 9.10. The smallest absolute Gasteiger partial charge is 0.133 e. The van der Waals surface area contributed by atoms with Crippen molar-refractivity contribution in [2.24, 2.45) is 0 Å². The molecule has 3 rings (SSSR count). The lowest BCUT2D eigenvalue weighted by Crippen LogP contribution is -2.22. The number of nitrogens with zero attached hydrogens (tertiary/aromatic N) is 2. The number of rotatable bonds is 6. The topological polar surface area (TPSA) is 41.3 Å². The molecular formula is C15H18BrN3O. The summed E-state index contributed by atoms with van der Waals surface area (Å²) in [7, 11) is 2.06. The molecule has 20 heavy (non-hydrogen) atoms. The molecule has 1 saturated carbocycles. The lowest BCUT2D eigenvalue weighted by atomic mass is 10.2. The molecule has 0 unspecified atom stereocenters. The van der Waals surface area contributed by atoms with E-state index >= 15 is 0 Å². The van der Waals surface area contributed by atoms with Crippen molar-refractivity contribution < 1.29 is 4.42 Å². The van der Waals surface area contributed by atoms with Gasteiger partial charge in [0.25, 0.3) is 0 Å². The Morgan fingerprint density at radius 1 is 1.50 bits per heavy atom. The summed E-state index contributed by atoms with van der Waals surface area (Å²) in [6.07, 6.45) is 7.91. The minimum Gasteiger partial charge on any atom is -0.472 e. The van der Waals surface area contributed by atoms with Crippen LogP contribution in [0.1, 0.15) is 24.0 Å². The van der Waals surface area contributed by atoms with E-state index in [-0.39, 0.29) is 0 Å². The molecular weight excluding hydrogens is 318 g/mol. The predicted molar refractivity (Wildman–Crippen MR) is 82.6 cm³/mol. The van der Waals surface area contributed by atoms with Gasteiger partial charge in [0.1, 0.15) is 5.82 Å². The molecule has 2 heterocycles. The third-order valence-electron chi connectivity index (χ3n) is 3.43. The first kappa shape index (κ1) is 13.6. The van der Waals surface area contributed by atoms with E-state index < -0.39 is 0 Å². The summed E-state index contributed by atoms with van der Waals surface area (Å²) in [6, 6.07) is 4.82. The van der Waals surface area contributed by atoms with Crippen LogP contribution in [0.15, 0.2) is 39.7 Å². The predicted octanol–water partition coefficient (Wildman–Crippen LogP) is 3.33. The third kappa shape index (κ3) is 3.41. The lowest BCUT2D eigenvalue weighted by Gasteiger charge is -2.21. The maximum atomic E-state index is 5.12. The fourth-order valence-corrected chi connectivity index (χ4v) is 2.60. The van der Waals surface area contributed by atoms with Crippen molar-refractivity contribution in [2.45, 2.75) is 32.0 Å². The highest BCUT2D eigenvalue weighted by Crippen LogP contribution is 2.24. The number of aromatic nitrogens is 1. The van der Waals surface area contributed by atoms with Crippen LogP contribution in [0.5, 0.6) is 0 Å². The fraction of sp³-hybridized carbons (Fsp3) is 0.400. The lowest BCUT2D eigenvalue weighted by molar-refractivity contribution is 0.563. The number of hydrogen-bond donors (Lipinski definition) is 1. The van der Waals surface area contributed by atoms with E-state index in [0.29, 0.717) is 6.04 Å². The molecule has 4 nitrogen and oxygen atoms in total. The van der Waals surface area contributed by atoms with Crippen molar-refractivity contribution in [1.29, 1.82) is 0 Å². The van der Waals surface area contributed by atoms with Crippen LogP contribution in [0.3, 0.4) is 0 Å². The molecule has 0 radical (unpaired) electrons. The molecule has 0 atom stereocenters. The molecule has 1 N–H and O–H groups in total. The van der Waals surface area contributed by atoms with Gasteiger partial charge >= 0.3 is 0 Å². The fourth-order valence-electron chi connectivity index (χ4n) is 2.22. The normalized spacial score (nSPS) is 14.5. The Hall–Kier alpha value is -1.33. The van der Waals surface area contributed by atoms with Crippen molar-refractivity contribution in [2.75, 3.05) is 11.9 Å². The molecule has 0 amide bonds. The standard InChI is InChI=1S/C15H18BrN3O/c1-19(9-11-4-5-20-10-11)15-12(6-13(16)8-18-15)7-17-14-2-3-14/h4-6,8,10,14,17H,2-3,7,9H2,1H3. The summed E-state index contributed by atoms with van der Waals surface area (Å²) in [5.74, 6) is 1.02. The van der Waals surface area contributed by atoms with Crippen LogP contribution < -0.4 is 10.2 Å². The van der Waals surface area contributed by atoms with Crippen LogP contribution in [-0.2, 0) is 13.1 Å². The zero-order valence-corrected chi connectivity index (χ0v) is 13.1. The molecule has 2 aromatic heterocycles. The van der Waals surface area contributed by atoms with Crippen LogP contribution >= 0.6 is 15.9 Å². The summed E-state index contributed by atoms with van der Waals surface area (Å²) < 4.78 is 6.14. The SMILES string of the molecule is CN(Cc1ccoc1)c1ncc(Br)cc1CNC1CC1. The summed E-state index contributed by atoms with van der Waals surface area (Å²) in [5.41, 5.74) is 2.37. The number of hydrogen-bond acceptors (Lipinski definition) is 4. The second kappa shape index (κ2) is 5.97. The van der Waals surface area contributed by atoms with Crippen LogP contribution in [-0.4, -0.2) is 18.1 Å². The second-order valence-electron chi connectivity index (χ2n) is 5.28. The molecule has 1 aliphatic carbocycles. The summed E-state index contributed by atoms with van der Waals surface area (Å²) in [6.45, 7) is 1.66. The first-order valence-electron chi connectivity index (χ1n) is 6.82. The van der Waals surface area contributed by atoms with Crippen LogP contribution in [0.4, 0.5) is 5.82 Å². The van der Waals surface area contributed by atoms with Gasteiger partial charge < -0.3 is 14.6 Å². The number of halogens is 1. The van der Waals surface area contributed by atoms with Gasteiger partial charge in [-0.3, -0.25) is 0 Å². The Balaban J connectivity index is 1.75. The van der Waals surface area contributed by atoms with Gasteiger partial charge in [0, 0.05) is 48.0 Å². The molecule has 0 saturated heterocycles. The van der Waals surface area contributed by atoms with Crippen molar-refractivity contribution in [3.05, 3.63) is 46.5 Å². The van der Waals surface area contributed by atoms with Gasteiger partial charge in [-0.2, -0.15) is 0 Å². The number of nitrogens with one attached hydrogen (secondary N) is 1. The maximum Gasteiger partial charge on any atom is 0.133 e. The molecule has 106 valence electrons.